The summed E-state index contributed by atoms with van der Waals surface area (Å²) in [5.74, 6) is -0.167. The number of nitrogens with zero attached hydrogens (tertiary/aromatic N) is 3. The third-order valence-corrected chi connectivity index (χ3v) is 2.51. The normalized spacial score (nSPS) is 10.5. The molecule has 0 N–H and O–H groups in total. The summed E-state index contributed by atoms with van der Waals surface area (Å²) in [6, 6.07) is 2.78. The maximum atomic E-state index is 13.4. The third-order valence-electron chi connectivity index (χ3n) is 2.02. The molecule has 1 heterocycles. The number of hydrogen-bond donors (Lipinski definition) is 0. The smallest absolute Gasteiger partial charge is 0.184 e. The van der Waals surface area contributed by atoms with Crippen LogP contribution in [0.1, 0.15) is 5.56 Å². The van der Waals surface area contributed by atoms with E-state index in [0.29, 0.717) is 16.1 Å². The van der Waals surface area contributed by atoms with Crippen molar-refractivity contribution in [2.24, 2.45) is 0 Å². The lowest BCUT2D eigenvalue weighted by Crippen LogP contribution is -1.94. The molecule has 2 rings (SSSR count). The SMILES string of the molecule is Cc1cc(Cl)c(-c2nncc(Cl)n2)cc1F. The van der Waals surface area contributed by atoms with Crippen molar-refractivity contribution >= 4 is 23.2 Å². The quantitative estimate of drug-likeness (QED) is 0.787. The highest BCUT2D eigenvalue weighted by Gasteiger charge is 2.11. The minimum atomic E-state index is -0.372. The molecule has 0 fully saturated rings. The number of aryl methyl sites for hydroxylation is 1. The lowest BCUT2D eigenvalue weighted by atomic mass is 10.1. The molecular formula is C10H6Cl2FN3. The summed E-state index contributed by atoms with van der Waals surface area (Å²) in [6.07, 6.45) is 1.30. The molecule has 1 aromatic heterocycles. The first-order chi connectivity index (χ1) is 7.58. The largest absolute Gasteiger partial charge is 0.213 e. The zero-order valence-electron chi connectivity index (χ0n) is 8.21. The van der Waals surface area contributed by atoms with Gasteiger partial charge in [-0.2, -0.15) is 5.10 Å². The molecule has 1 aromatic carbocycles. The number of rotatable bonds is 1. The highest BCUT2D eigenvalue weighted by molar-refractivity contribution is 6.33. The summed E-state index contributed by atoms with van der Waals surface area (Å²) < 4.78 is 13.4. The minimum absolute atomic E-state index is 0.182. The van der Waals surface area contributed by atoms with E-state index in [0.717, 1.165) is 0 Å². The van der Waals surface area contributed by atoms with Crippen LogP contribution in [-0.4, -0.2) is 15.2 Å². The Labute approximate surface area is 101 Å². The van der Waals surface area contributed by atoms with Gasteiger partial charge in [-0.15, -0.1) is 5.10 Å². The summed E-state index contributed by atoms with van der Waals surface area (Å²) in [7, 11) is 0. The Morgan fingerprint density at radius 2 is 2.00 bits per heavy atom. The van der Waals surface area contributed by atoms with Crippen LogP contribution in [0.2, 0.25) is 10.2 Å². The van der Waals surface area contributed by atoms with E-state index in [1.165, 1.54) is 18.3 Å². The minimum Gasteiger partial charge on any atom is -0.213 e. The standard InChI is InChI=1S/C10H6Cl2FN3/c1-5-2-7(11)6(3-8(5)13)10-15-9(12)4-14-16-10/h2-4H,1H3. The summed E-state index contributed by atoms with van der Waals surface area (Å²) in [4.78, 5) is 3.92. The number of hydrogen-bond acceptors (Lipinski definition) is 3. The number of halogens is 3. The third kappa shape index (κ3) is 2.13. The molecule has 0 aliphatic carbocycles. The fourth-order valence-electron chi connectivity index (χ4n) is 1.22. The fourth-order valence-corrected chi connectivity index (χ4v) is 1.64. The molecule has 0 unspecified atom stereocenters. The van der Waals surface area contributed by atoms with Gasteiger partial charge in [-0.25, -0.2) is 9.37 Å². The maximum Gasteiger partial charge on any atom is 0.184 e. The van der Waals surface area contributed by atoms with E-state index < -0.39 is 0 Å². The van der Waals surface area contributed by atoms with E-state index in [4.69, 9.17) is 23.2 Å². The lowest BCUT2D eigenvalue weighted by Gasteiger charge is -2.04. The Balaban J connectivity index is 2.60. The zero-order valence-corrected chi connectivity index (χ0v) is 9.72. The van der Waals surface area contributed by atoms with Crippen LogP contribution in [0.25, 0.3) is 11.4 Å². The van der Waals surface area contributed by atoms with Crippen molar-refractivity contribution in [1.29, 1.82) is 0 Å². The second-order valence-electron chi connectivity index (χ2n) is 3.18. The van der Waals surface area contributed by atoms with E-state index in [-0.39, 0.29) is 16.8 Å². The average molecular weight is 258 g/mol. The van der Waals surface area contributed by atoms with Gasteiger partial charge in [0.1, 0.15) is 5.82 Å². The molecule has 0 atom stereocenters. The molecule has 82 valence electrons. The van der Waals surface area contributed by atoms with Gasteiger partial charge >= 0.3 is 0 Å². The van der Waals surface area contributed by atoms with Crippen LogP contribution in [0.3, 0.4) is 0 Å². The monoisotopic (exact) mass is 257 g/mol. The first-order valence-corrected chi connectivity index (χ1v) is 5.15. The predicted molar refractivity (Wildman–Crippen MR) is 60.0 cm³/mol. The molecule has 0 saturated carbocycles. The molecule has 6 heteroatoms. The Morgan fingerprint density at radius 1 is 1.25 bits per heavy atom. The van der Waals surface area contributed by atoms with Gasteiger partial charge in [-0.1, -0.05) is 23.2 Å². The van der Waals surface area contributed by atoms with E-state index >= 15 is 0 Å². The number of aromatic nitrogens is 3. The van der Waals surface area contributed by atoms with Crippen molar-refractivity contribution < 1.29 is 4.39 Å². The van der Waals surface area contributed by atoms with Crippen LogP contribution < -0.4 is 0 Å². The highest BCUT2D eigenvalue weighted by atomic mass is 35.5. The second kappa shape index (κ2) is 4.31. The van der Waals surface area contributed by atoms with Gasteiger partial charge in [0, 0.05) is 5.56 Å². The van der Waals surface area contributed by atoms with Gasteiger partial charge in [0.15, 0.2) is 11.0 Å². The van der Waals surface area contributed by atoms with Gasteiger partial charge in [0.25, 0.3) is 0 Å². The molecule has 0 aliphatic rings. The van der Waals surface area contributed by atoms with Gasteiger partial charge in [-0.05, 0) is 24.6 Å². The maximum absolute atomic E-state index is 13.4. The van der Waals surface area contributed by atoms with Crippen molar-refractivity contribution in [3.05, 3.63) is 39.9 Å². The molecule has 0 amide bonds. The van der Waals surface area contributed by atoms with Crippen LogP contribution in [0.4, 0.5) is 4.39 Å². The van der Waals surface area contributed by atoms with Crippen molar-refractivity contribution in [3.8, 4) is 11.4 Å². The van der Waals surface area contributed by atoms with Crippen LogP contribution in [0.15, 0.2) is 18.3 Å². The Morgan fingerprint density at radius 3 is 2.69 bits per heavy atom. The van der Waals surface area contributed by atoms with Crippen LogP contribution in [0.5, 0.6) is 0 Å². The number of benzene rings is 1. The van der Waals surface area contributed by atoms with E-state index in [1.807, 2.05) is 0 Å². The Bertz CT molecular complexity index is 546. The lowest BCUT2D eigenvalue weighted by molar-refractivity contribution is 0.619. The van der Waals surface area contributed by atoms with Crippen LogP contribution >= 0.6 is 23.2 Å². The van der Waals surface area contributed by atoms with Crippen LogP contribution in [-0.2, 0) is 0 Å². The molecule has 0 aliphatic heterocycles. The predicted octanol–water partition coefficient (Wildman–Crippen LogP) is 3.29. The van der Waals surface area contributed by atoms with Gasteiger partial charge in [0.2, 0.25) is 0 Å². The molecule has 0 bridgehead atoms. The molecular weight excluding hydrogens is 252 g/mol. The van der Waals surface area contributed by atoms with Crippen molar-refractivity contribution in [2.75, 3.05) is 0 Å². The van der Waals surface area contributed by atoms with E-state index in [2.05, 4.69) is 15.2 Å². The van der Waals surface area contributed by atoms with E-state index in [9.17, 15) is 4.39 Å². The first-order valence-electron chi connectivity index (χ1n) is 4.39. The van der Waals surface area contributed by atoms with E-state index in [1.54, 1.807) is 6.92 Å². The average Bonchev–Trinajstić information content (AvgIpc) is 2.23. The van der Waals surface area contributed by atoms with Crippen LogP contribution in [0, 0.1) is 12.7 Å². The summed E-state index contributed by atoms with van der Waals surface area (Å²) >= 11 is 11.6. The van der Waals surface area contributed by atoms with Crippen molar-refractivity contribution in [2.45, 2.75) is 6.92 Å². The Kier molecular flexibility index (Phi) is 3.03. The molecule has 16 heavy (non-hydrogen) atoms. The van der Waals surface area contributed by atoms with Gasteiger partial charge in [-0.3, -0.25) is 0 Å². The summed E-state index contributed by atoms with van der Waals surface area (Å²) in [6.45, 7) is 1.63. The Hall–Kier alpha value is -1.26. The van der Waals surface area contributed by atoms with Crippen molar-refractivity contribution in [1.82, 2.24) is 15.2 Å². The molecule has 0 radical (unpaired) electrons. The molecule has 0 spiro atoms. The van der Waals surface area contributed by atoms with Gasteiger partial charge in [0.05, 0.1) is 11.2 Å². The molecule has 0 saturated heterocycles. The highest BCUT2D eigenvalue weighted by Crippen LogP contribution is 2.27. The summed E-state index contributed by atoms with van der Waals surface area (Å²) in [5, 5.41) is 7.92. The van der Waals surface area contributed by atoms with Crippen molar-refractivity contribution in [3.63, 3.8) is 0 Å². The summed E-state index contributed by atoms with van der Waals surface area (Å²) in [5.41, 5.74) is 0.837. The molecule has 2 aromatic rings. The topological polar surface area (TPSA) is 38.7 Å². The molecule has 3 nitrogen and oxygen atoms in total. The first kappa shape index (κ1) is 11.2. The zero-order chi connectivity index (χ0) is 11.7. The fraction of sp³-hybridized carbons (Fsp3) is 0.100. The van der Waals surface area contributed by atoms with Gasteiger partial charge < -0.3 is 0 Å². The second-order valence-corrected chi connectivity index (χ2v) is 3.98.